The summed E-state index contributed by atoms with van der Waals surface area (Å²) in [6.45, 7) is 2.14. The molecule has 0 bridgehead atoms. The lowest BCUT2D eigenvalue weighted by atomic mass is 10.1. The molecule has 0 spiro atoms. The van der Waals surface area contributed by atoms with Crippen LogP contribution in [0.4, 0.5) is 13.2 Å². The van der Waals surface area contributed by atoms with Crippen LogP contribution in [-0.4, -0.2) is 32.4 Å². The molecule has 1 aliphatic heterocycles. The van der Waals surface area contributed by atoms with E-state index < -0.39 is 32.4 Å². The van der Waals surface area contributed by atoms with Crippen LogP contribution in [0.1, 0.15) is 18.4 Å². The van der Waals surface area contributed by atoms with E-state index in [4.69, 9.17) is 0 Å². The van der Waals surface area contributed by atoms with E-state index in [-0.39, 0.29) is 18.4 Å². The quantitative estimate of drug-likeness (QED) is 0.753. The van der Waals surface area contributed by atoms with Crippen LogP contribution in [-0.2, 0) is 16.6 Å². The van der Waals surface area contributed by atoms with Crippen molar-refractivity contribution in [1.29, 1.82) is 0 Å². The number of halogens is 4. The first-order chi connectivity index (χ1) is 12.4. The van der Waals surface area contributed by atoms with Gasteiger partial charge in [-0.2, -0.15) is 0 Å². The van der Waals surface area contributed by atoms with Crippen LogP contribution in [0.3, 0.4) is 0 Å². The maximum Gasteiger partial charge on any atom is 0.243 e. The molecular formula is C18H20ClF3N2O2S. The molecule has 4 nitrogen and oxygen atoms in total. The summed E-state index contributed by atoms with van der Waals surface area (Å²) < 4.78 is 67.1. The highest BCUT2D eigenvalue weighted by Gasteiger charge is 2.28. The third kappa shape index (κ3) is 5.22. The first kappa shape index (κ1) is 21.7. The number of sulfonamides is 1. The van der Waals surface area contributed by atoms with E-state index >= 15 is 0 Å². The molecule has 148 valence electrons. The fraction of sp³-hybridized carbons (Fsp3) is 0.333. The van der Waals surface area contributed by atoms with Crippen LogP contribution >= 0.6 is 12.4 Å². The molecule has 1 saturated heterocycles. The van der Waals surface area contributed by atoms with Gasteiger partial charge in [-0.1, -0.05) is 30.3 Å². The van der Waals surface area contributed by atoms with Crippen LogP contribution < -0.4 is 4.72 Å². The Balaban J connectivity index is 0.00000261. The highest BCUT2D eigenvalue weighted by atomic mass is 35.5. The molecule has 0 saturated carbocycles. The summed E-state index contributed by atoms with van der Waals surface area (Å²) in [6.07, 6.45) is 1.11. The van der Waals surface area contributed by atoms with Gasteiger partial charge in [0.2, 0.25) is 10.0 Å². The summed E-state index contributed by atoms with van der Waals surface area (Å²) in [5.74, 6) is -4.90. The lowest BCUT2D eigenvalue weighted by Gasteiger charge is -2.32. The summed E-state index contributed by atoms with van der Waals surface area (Å²) in [5, 5.41) is 0. The zero-order chi connectivity index (χ0) is 18.7. The predicted octanol–water partition coefficient (Wildman–Crippen LogP) is 3.47. The van der Waals surface area contributed by atoms with Gasteiger partial charge in [0.1, 0.15) is 4.90 Å². The smallest absolute Gasteiger partial charge is 0.243 e. The first-order valence-electron chi connectivity index (χ1n) is 8.29. The van der Waals surface area contributed by atoms with Gasteiger partial charge >= 0.3 is 0 Å². The highest BCUT2D eigenvalue weighted by Crippen LogP contribution is 2.21. The molecule has 1 fully saturated rings. The van der Waals surface area contributed by atoms with Crippen LogP contribution in [0.2, 0.25) is 0 Å². The van der Waals surface area contributed by atoms with Crippen LogP contribution in [0.15, 0.2) is 47.4 Å². The second kappa shape index (κ2) is 9.05. The summed E-state index contributed by atoms with van der Waals surface area (Å²) in [5.41, 5.74) is 1.18. The highest BCUT2D eigenvalue weighted by molar-refractivity contribution is 7.89. The van der Waals surface area contributed by atoms with Crippen molar-refractivity contribution in [3.63, 3.8) is 0 Å². The molecule has 2 aromatic rings. The van der Waals surface area contributed by atoms with E-state index in [1.807, 2.05) is 30.3 Å². The number of hydrogen-bond donors (Lipinski definition) is 1. The van der Waals surface area contributed by atoms with Gasteiger partial charge < -0.3 is 0 Å². The number of benzene rings is 2. The van der Waals surface area contributed by atoms with Crippen molar-refractivity contribution in [3.05, 3.63) is 65.5 Å². The summed E-state index contributed by atoms with van der Waals surface area (Å²) in [4.78, 5) is 1.33. The third-order valence-electron chi connectivity index (χ3n) is 4.45. The van der Waals surface area contributed by atoms with Crippen molar-refractivity contribution in [3.8, 4) is 0 Å². The standard InChI is InChI=1S/C18H19F3N2O2S.ClH/c19-15-6-7-16(18(21)17(15)20)26(24,25)22-14-8-10-23(11-9-14)12-13-4-2-1-3-5-13;/h1-7,14,22H,8-12H2;1H. The minimum Gasteiger partial charge on any atom is -0.299 e. The molecule has 0 aliphatic carbocycles. The molecule has 27 heavy (non-hydrogen) atoms. The topological polar surface area (TPSA) is 49.4 Å². The Kier molecular flexibility index (Phi) is 7.27. The van der Waals surface area contributed by atoms with E-state index in [1.54, 1.807) is 0 Å². The average Bonchev–Trinajstić information content (AvgIpc) is 2.62. The zero-order valence-electron chi connectivity index (χ0n) is 14.4. The van der Waals surface area contributed by atoms with Gasteiger partial charge in [-0.25, -0.2) is 26.3 Å². The Labute approximate surface area is 162 Å². The van der Waals surface area contributed by atoms with Gasteiger partial charge in [-0.15, -0.1) is 12.4 Å². The molecule has 1 N–H and O–H groups in total. The first-order valence-corrected chi connectivity index (χ1v) is 9.77. The average molecular weight is 421 g/mol. The molecule has 0 atom stereocenters. The largest absolute Gasteiger partial charge is 0.299 e. The van der Waals surface area contributed by atoms with Crippen LogP contribution in [0.25, 0.3) is 0 Å². The van der Waals surface area contributed by atoms with Gasteiger partial charge in [0.25, 0.3) is 0 Å². The van der Waals surface area contributed by atoms with Gasteiger partial charge in [0, 0.05) is 25.7 Å². The Bertz CT molecular complexity index is 874. The van der Waals surface area contributed by atoms with E-state index in [0.717, 1.165) is 12.6 Å². The van der Waals surface area contributed by atoms with E-state index in [1.165, 1.54) is 5.56 Å². The van der Waals surface area contributed by atoms with Crippen molar-refractivity contribution in [2.24, 2.45) is 0 Å². The van der Waals surface area contributed by atoms with Crippen molar-refractivity contribution in [2.45, 2.75) is 30.3 Å². The summed E-state index contributed by atoms with van der Waals surface area (Å²) in [6, 6.07) is 10.9. The van der Waals surface area contributed by atoms with E-state index in [9.17, 15) is 21.6 Å². The second-order valence-corrected chi connectivity index (χ2v) is 8.01. The lowest BCUT2D eigenvalue weighted by Crippen LogP contribution is -2.44. The number of piperidine rings is 1. The van der Waals surface area contributed by atoms with Crippen molar-refractivity contribution in [1.82, 2.24) is 9.62 Å². The monoisotopic (exact) mass is 420 g/mol. The third-order valence-corrected chi connectivity index (χ3v) is 5.99. The van der Waals surface area contributed by atoms with Gasteiger partial charge in [0.15, 0.2) is 17.5 Å². The van der Waals surface area contributed by atoms with Gasteiger partial charge in [-0.05, 0) is 30.5 Å². The molecule has 0 aromatic heterocycles. The summed E-state index contributed by atoms with van der Waals surface area (Å²) in [7, 11) is -4.26. The molecule has 0 amide bonds. The normalized spacial score (nSPS) is 16.1. The Morgan fingerprint density at radius 1 is 0.963 bits per heavy atom. The fourth-order valence-electron chi connectivity index (χ4n) is 3.05. The molecular weight excluding hydrogens is 401 g/mol. The summed E-state index contributed by atoms with van der Waals surface area (Å²) >= 11 is 0. The minimum absolute atomic E-state index is 0. The number of likely N-dealkylation sites (tertiary alicyclic amines) is 1. The van der Waals surface area contributed by atoms with Crippen molar-refractivity contribution < 1.29 is 21.6 Å². The predicted molar refractivity (Wildman–Crippen MR) is 98.6 cm³/mol. The van der Waals surface area contributed by atoms with E-state index in [0.29, 0.717) is 32.0 Å². The SMILES string of the molecule is Cl.O=S(=O)(NC1CCN(Cc2ccccc2)CC1)c1ccc(F)c(F)c1F. The molecule has 1 heterocycles. The number of rotatable bonds is 5. The Hall–Kier alpha value is -1.61. The van der Waals surface area contributed by atoms with Gasteiger partial charge in [0.05, 0.1) is 0 Å². The maximum absolute atomic E-state index is 13.8. The molecule has 1 aliphatic rings. The number of nitrogens with one attached hydrogen (secondary N) is 1. The second-order valence-electron chi connectivity index (χ2n) is 6.33. The zero-order valence-corrected chi connectivity index (χ0v) is 16.0. The number of hydrogen-bond acceptors (Lipinski definition) is 3. The molecule has 2 aromatic carbocycles. The number of nitrogens with zero attached hydrogens (tertiary/aromatic N) is 1. The lowest BCUT2D eigenvalue weighted by molar-refractivity contribution is 0.200. The molecule has 9 heteroatoms. The maximum atomic E-state index is 13.8. The Morgan fingerprint density at radius 3 is 2.22 bits per heavy atom. The fourth-order valence-corrected chi connectivity index (χ4v) is 4.42. The van der Waals surface area contributed by atoms with Gasteiger partial charge in [-0.3, -0.25) is 4.90 Å². The molecule has 0 unspecified atom stereocenters. The van der Waals surface area contributed by atoms with Crippen LogP contribution in [0.5, 0.6) is 0 Å². The molecule has 3 rings (SSSR count). The van der Waals surface area contributed by atoms with Crippen molar-refractivity contribution >= 4 is 22.4 Å². The van der Waals surface area contributed by atoms with Crippen LogP contribution in [0, 0.1) is 17.5 Å². The molecule has 0 radical (unpaired) electrons. The van der Waals surface area contributed by atoms with E-state index in [2.05, 4.69) is 9.62 Å². The minimum atomic E-state index is -4.26. The van der Waals surface area contributed by atoms with Crippen molar-refractivity contribution in [2.75, 3.05) is 13.1 Å². The Morgan fingerprint density at radius 2 is 1.59 bits per heavy atom.